The van der Waals surface area contributed by atoms with Gasteiger partial charge in [-0.2, -0.15) is 5.26 Å². The number of nitrogens with zero attached hydrogens (tertiary/aromatic N) is 2. The van der Waals surface area contributed by atoms with E-state index in [1.807, 2.05) is 6.07 Å². The van der Waals surface area contributed by atoms with Crippen molar-refractivity contribution in [3.05, 3.63) is 59.7 Å². The molecule has 2 rings (SSSR count). The van der Waals surface area contributed by atoms with Gasteiger partial charge in [0.1, 0.15) is 11.8 Å². The number of carbonyl (C=O) groups excluding carboxylic acids is 1. The molecule has 0 spiro atoms. The van der Waals surface area contributed by atoms with E-state index in [-0.39, 0.29) is 17.2 Å². The molecule has 4 heteroatoms. The van der Waals surface area contributed by atoms with Crippen molar-refractivity contribution >= 4 is 11.6 Å². The Morgan fingerprint density at radius 2 is 1.79 bits per heavy atom. The van der Waals surface area contributed by atoms with Crippen molar-refractivity contribution in [2.45, 2.75) is 0 Å². The lowest BCUT2D eigenvalue weighted by atomic mass is 10.1. The molecule has 0 fully saturated rings. The first-order chi connectivity index (χ1) is 9.15. The van der Waals surface area contributed by atoms with E-state index in [1.54, 1.807) is 49.5 Å². The molecule has 19 heavy (non-hydrogen) atoms. The van der Waals surface area contributed by atoms with E-state index in [0.717, 1.165) is 0 Å². The van der Waals surface area contributed by atoms with Crippen LogP contribution in [0.5, 0.6) is 5.75 Å². The minimum absolute atomic E-state index is 0.0752. The molecule has 0 aliphatic heterocycles. The fraction of sp³-hybridized carbons (Fsp3) is 0.0667. The van der Waals surface area contributed by atoms with Crippen LogP contribution in [0.1, 0.15) is 15.9 Å². The maximum atomic E-state index is 12.3. The lowest BCUT2D eigenvalue weighted by molar-refractivity contribution is 0.0990. The Balaban J connectivity index is 2.40. The van der Waals surface area contributed by atoms with Crippen LogP contribution in [-0.2, 0) is 0 Å². The summed E-state index contributed by atoms with van der Waals surface area (Å²) in [6.07, 6.45) is 0. The summed E-state index contributed by atoms with van der Waals surface area (Å²) in [5.74, 6) is -0.436. The molecule has 94 valence electrons. The molecule has 2 aromatic rings. The zero-order valence-corrected chi connectivity index (χ0v) is 10.4. The van der Waals surface area contributed by atoms with Gasteiger partial charge < -0.3 is 10.0 Å². The van der Waals surface area contributed by atoms with Crippen LogP contribution in [0.25, 0.3) is 0 Å². The summed E-state index contributed by atoms with van der Waals surface area (Å²) in [6, 6.07) is 15.2. The molecule has 0 aliphatic carbocycles. The Kier molecular flexibility index (Phi) is 3.48. The van der Waals surface area contributed by atoms with Crippen LogP contribution in [0.3, 0.4) is 0 Å². The third kappa shape index (κ3) is 2.40. The van der Waals surface area contributed by atoms with Crippen molar-refractivity contribution in [3.63, 3.8) is 0 Å². The lowest BCUT2D eigenvalue weighted by Gasteiger charge is -2.19. The zero-order chi connectivity index (χ0) is 13.8. The summed E-state index contributed by atoms with van der Waals surface area (Å²) >= 11 is 0. The summed E-state index contributed by atoms with van der Waals surface area (Å²) < 4.78 is 0. The number of nitriles is 1. The number of benzene rings is 2. The molecular weight excluding hydrogens is 240 g/mol. The minimum atomic E-state index is -0.360. The molecule has 0 saturated heterocycles. The molecule has 4 nitrogen and oxygen atoms in total. The number of phenolic OH excluding ortho intramolecular Hbond substituents is 1. The molecule has 0 heterocycles. The predicted molar refractivity (Wildman–Crippen MR) is 72.0 cm³/mol. The maximum absolute atomic E-state index is 12.3. The van der Waals surface area contributed by atoms with Gasteiger partial charge in [0.2, 0.25) is 0 Å². The molecule has 0 aromatic heterocycles. The number of carbonyl (C=O) groups is 1. The summed E-state index contributed by atoms with van der Waals surface area (Å²) in [4.78, 5) is 13.6. The number of rotatable bonds is 2. The minimum Gasteiger partial charge on any atom is -0.507 e. The zero-order valence-electron chi connectivity index (χ0n) is 10.4. The molecule has 1 amide bonds. The van der Waals surface area contributed by atoms with Crippen molar-refractivity contribution in [1.82, 2.24) is 0 Å². The number of phenols is 1. The van der Waals surface area contributed by atoms with Gasteiger partial charge in [-0.3, -0.25) is 4.79 Å². The number of para-hydroxylation sites is 2. The highest BCUT2D eigenvalue weighted by molar-refractivity contribution is 6.08. The first-order valence-electron chi connectivity index (χ1n) is 5.70. The Morgan fingerprint density at radius 3 is 2.47 bits per heavy atom. The Morgan fingerprint density at radius 1 is 1.16 bits per heavy atom. The largest absolute Gasteiger partial charge is 0.507 e. The number of aromatic hydroxyl groups is 1. The highest BCUT2D eigenvalue weighted by Gasteiger charge is 2.18. The molecule has 0 radical (unpaired) electrons. The number of anilines is 1. The van der Waals surface area contributed by atoms with Gasteiger partial charge in [0, 0.05) is 7.05 Å². The summed E-state index contributed by atoms with van der Waals surface area (Å²) in [7, 11) is 1.57. The fourth-order valence-corrected chi connectivity index (χ4v) is 1.81. The molecule has 0 bridgehead atoms. The first-order valence-corrected chi connectivity index (χ1v) is 5.70. The Labute approximate surface area is 111 Å². The van der Waals surface area contributed by atoms with Crippen LogP contribution in [0.2, 0.25) is 0 Å². The average molecular weight is 252 g/mol. The second-order valence-electron chi connectivity index (χ2n) is 4.01. The van der Waals surface area contributed by atoms with E-state index in [9.17, 15) is 9.90 Å². The van der Waals surface area contributed by atoms with E-state index in [0.29, 0.717) is 11.3 Å². The van der Waals surface area contributed by atoms with Crippen LogP contribution in [0.15, 0.2) is 48.5 Å². The van der Waals surface area contributed by atoms with Gasteiger partial charge in [-0.15, -0.1) is 0 Å². The second-order valence-corrected chi connectivity index (χ2v) is 4.01. The second kappa shape index (κ2) is 5.23. The van der Waals surface area contributed by atoms with Crippen LogP contribution in [0.4, 0.5) is 5.69 Å². The molecule has 0 unspecified atom stereocenters. The number of hydrogen-bond donors (Lipinski definition) is 1. The van der Waals surface area contributed by atoms with E-state index in [2.05, 4.69) is 0 Å². The Bertz CT molecular complexity index is 659. The normalized spacial score (nSPS) is 9.68. The third-order valence-corrected chi connectivity index (χ3v) is 2.82. The van der Waals surface area contributed by atoms with Crippen LogP contribution < -0.4 is 4.90 Å². The summed E-state index contributed by atoms with van der Waals surface area (Å²) in [5, 5.41) is 18.7. The van der Waals surface area contributed by atoms with Crippen LogP contribution in [0, 0.1) is 11.3 Å². The standard InChI is InChI=1S/C15H12N2O2/c1-17(13-8-4-2-6-11(13)10-16)15(19)12-7-3-5-9-14(12)18/h2-9,18H,1H3. The Hall–Kier alpha value is -2.80. The first kappa shape index (κ1) is 12.7. The highest BCUT2D eigenvalue weighted by atomic mass is 16.3. The molecule has 0 saturated carbocycles. The predicted octanol–water partition coefficient (Wildman–Crippen LogP) is 2.54. The number of hydrogen-bond acceptors (Lipinski definition) is 3. The monoisotopic (exact) mass is 252 g/mol. The molecule has 1 N–H and O–H groups in total. The smallest absolute Gasteiger partial charge is 0.261 e. The van der Waals surface area contributed by atoms with Gasteiger partial charge in [-0.1, -0.05) is 24.3 Å². The SMILES string of the molecule is CN(C(=O)c1ccccc1O)c1ccccc1C#N. The topological polar surface area (TPSA) is 64.3 Å². The van der Waals surface area contributed by atoms with Crippen LogP contribution >= 0.6 is 0 Å². The van der Waals surface area contributed by atoms with Crippen molar-refractivity contribution in [2.75, 3.05) is 11.9 Å². The van der Waals surface area contributed by atoms with Crippen molar-refractivity contribution in [2.24, 2.45) is 0 Å². The third-order valence-electron chi connectivity index (χ3n) is 2.82. The highest BCUT2D eigenvalue weighted by Crippen LogP contribution is 2.23. The average Bonchev–Trinajstić information content (AvgIpc) is 2.46. The van der Waals surface area contributed by atoms with E-state index in [4.69, 9.17) is 5.26 Å². The fourth-order valence-electron chi connectivity index (χ4n) is 1.81. The van der Waals surface area contributed by atoms with Gasteiger partial charge in [-0.05, 0) is 24.3 Å². The van der Waals surface area contributed by atoms with Crippen LogP contribution in [-0.4, -0.2) is 18.1 Å². The van der Waals surface area contributed by atoms with Gasteiger partial charge in [-0.25, -0.2) is 0 Å². The molecule has 0 atom stereocenters. The van der Waals surface area contributed by atoms with Gasteiger partial charge in [0.15, 0.2) is 0 Å². The molecule has 2 aromatic carbocycles. The van der Waals surface area contributed by atoms with Gasteiger partial charge in [0.25, 0.3) is 5.91 Å². The number of amides is 1. The quantitative estimate of drug-likeness (QED) is 0.893. The molecular formula is C15H12N2O2. The van der Waals surface area contributed by atoms with Crippen molar-refractivity contribution in [1.29, 1.82) is 5.26 Å². The van der Waals surface area contributed by atoms with Gasteiger partial charge >= 0.3 is 0 Å². The van der Waals surface area contributed by atoms with Crippen molar-refractivity contribution in [3.8, 4) is 11.8 Å². The molecule has 0 aliphatic rings. The van der Waals surface area contributed by atoms with Crippen molar-refractivity contribution < 1.29 is 9.90 Å². The van der Waals surface area contributed by atoms with E-state index < -0.39 is 0 Å². The van der Waals surface area contributed by atoms with E-state index >= 15 is 0 Å². The van der Waals surface area contributed by atoms with E-state index in [1.165, 1.54) is 11.0 Å². The van der Waals surface area contributed by atoms with Gasteiger partial charge in [0.05, 0.1) is 16.8 Å². The summed E-state index contributed by atoms with van der Waals surface area (Å²) in [5.41, 5.74) is 1.13. The lowest BCUT2D eigenvalue weighted by Crippen LogP contribution is -2.27. The maximum Gasteiger partial charge on any atom is 0.261 e. The summed E-state index contributed by atoms with van der Waals surface area (Å²) in [6.45, 7) is 0.